The van der Waals surface area contributed by atoms with E-state index in [1.165, 1.54) is 23.7 Å². The van der Waals surface area contributed by atoms with E-state index in [9.17, 15) is 4.79 Å². The Labute approximate surface area is 110 Å². The highest BCUT2D eigenvalue weighted by atomic mass is 79.9. The van der Waals surface area contributed by atoms with E-state index >= 15 is 0 Å². The van der Waals surface area contributed by atoms with Crippen LogP contribution in [0.5, 0.6) is 0 Å². The normalized spacial score (nSPS) is 11.2. The van der Waals surface area contributed by atoms with Gasteiger partial charge in [-0.15, -0.1) is 11.3 Å². The van der Waals surface area contributed by atoms with E-state index < -0.39 is 5.78 Å². The summed E-state index contributed by atoms with van der Waals surface area (Å²) in [6, 6.07) is 6.89. The molecule has 0 fully saturated rings. The van der Waals surface area contributed by atoms with Crippen LogP contribution in [0.4, 0.5) is 0 Å². The van der Waals surface area contributed by atoms with Gasteiger partial charge in [-0.05, 0) is 40.2 Å². The summed E-state index contributed by atoms with van der Waals surface area (Å²) in [5, 5.41) is 10.9. The molecule has 0 aliphatic rings. The lowest BCUT2D eigenvalue weighted by atomic mass is 10.1. The van der Waals surface area contributed by atoms with Crippen molar-refractivity contribution in [1.29, 1.82) is 5.26 Å². The number of rotatable bonds is 3. The molecule has 2 rings (SSSR count). The van der Waals surface area contributed by atoms with Gasteiger partial charge in [-0.3, -0.25) is 4.79 Å². The van der Waals surface area contributed by atoms with E-state index in [2.05, 4.69) is 15.9 Å². The van der Waals surface area contributed by atoms with Crippen LogP contribution in [0.3, 0.4) is 0 Å². The van der Waals surface area contributed by atoms with E-state index in [0.29, 0.717) is 0 Å². The SMILES string of the molecule is N#C/C(=C\c1cc(Br)cs1)C(=O)c1ccco1. The molecule has 2 aromatic rings. The third kappa shape index (κ3) is 2.73. The van der Waals surface area contributed by atoms with Crippen LogP contribution in [-0.4, -0.2) is 5.78 Å². The van der Waals surface area contributed by atoms with E-state index in [1.54, 1.807) is 12.1 Å². The zero-order valence-corrected chi connectivity index (χ0v) is 10.9. The number of carbonyl (C=O) groups is 1. The molecule has 0 aliphatic carbocycles. The number of halogens is 1. The number of furan rings is 1. The predicted molar refractivity (Wildman–Crippen MR) is 68.6 cm³/mol. The minimum Gasteiger partial charge on any atom is -0.461 e. The number of hydrogen-bond donors (Lipinski definition) is 0. The number of nitriles is 1. The summed E-state index contributed by atoms with van der Waals surface area (Å²) in [6.45, 7) is 0. The lowest BCUT2D eigenvalue weighted by molar-refractivity contribution is 0.101. The number of thiophene rings is 1. The molecule has 0 spiro atoms. The maximum atomic E-state index is 11.9. The first-order valence-electron chi connectivity index (χ1n) is 4.65. The van der Waals surface area contributed by atoms with Crippen LogP contribution in [0.1, 0.15) is 15.4 Å². The maximum absolute atomic E-state index is 11.9. The van der Waals surface area contributed by atoms with Crippen LogP contribution in [-0.2, 0) is 0 Å². The second-order valence-corrected chi connectivity index (χ2v) is 5.00. The second kappa shape index (κ2) is 5.13. The highest BCUT2D eigenvalue weighted by molar-refractivity contribution is 9.10. The molecule has 2 heterocycles. The van der Waals surface area contributed by atoms with E-state index in [-0.39, 0.29) is 11.3 Å². The largest absolute Gasteiger partial charge is 0.461 e. The Morgan fingerprint density at radius 3 is 2.94 bits per heavy atom. The fourth-order valence-corrected chi connectivity index (χ4v) is 2.61. The molecule has 0 saturated heterocycles. The number of carbonyl (C=O) groups excluding carboxylic acids is 1. The minimum absolute atomic E-state index is 0.0642. The standard InChI is InChI=1S/C12H6BrNO2S/c13-9-5-10(17-7-9)4-8(6-14)12(15)11-2-1-3-16-11/h1-5,7H/b8-4+. The highest BCUT2D eigenvalue weighted by Crippen LogP contribution is 2.23. The van der Waals surface area contributed by atoms with Crippen LogP contribution < -0.4 is 0 Å². The second-order valence-electron chi connectivity index (χ2n) is 3.14. The van der Waals surface area contributed by atoms with Crippen LogP contribution in [0.2, 0.25) is 0 Å². The van der Waals surface area contributed by atoms with Crippen molar-refractivity contribution in [3.63, 3.8) is 0 Å². The summed E-state index contributed by atoms with van der Waals surface area (Å²) >= 11 is 4.77. The molecule has 17 heavy (non-hydrogen) atoms. The van der Waals surface area contributed by atoms with Crippen molar-refractivity contribution in [1.82, 2.24) is 0 Å². The van der Waals surface area contributed by atoms with E-state index in [0.717, 1.165) is 9.35 Å². The number of allylic oxidation sites excluding steroid dienone is 1. The van der Waals surface area contributed by atoms with Crippen molar-refractivity contribution in [2.24, 2.45) is 0 Å². The fourth-order valence-electron chi connectivity index (χ4n) is 1.24. The van der Waals surface area contributed by atoms with Gasteiger partial charge in [0.05, 0.1) is 6.26 Å². The fraction of sp³-hybridized carbons (Fsp3) is 0. The lowest BCUT2D eigenvalue weighted by Crippen LogP contribution is -1.99. The molecule has 3 nitrogen and oxygen atoms in total. The van der Waals surface area contributed by atoms with Gasteiger partial charge >= 0.3 is 0 Å². The topological polar surface area (TPSA) is 54.0 Å². The number of ketones is 1. The number of nitrogens with zero attached hydrogens (tertiary/aromatic N) is 1. The zero-order valence-electron chi connectivity index (χ0n) is 8.51. The Hall–Kier alpha value is -1.64. The average Bonchev–Trinajstić information content (AvgIpc) is 2.96. The van der Waals surface area contributed by atoms with Crippen molar-refractivity contribution < 1.29 is 9.21 Å². The summed E-state index contributed by atoms with van der Waals surface area (Å²) in [7, 11) is 0. The Balaban J connectivity index is 2.32. The summed E-state index contributed by atoms with van der Waals surface area (Å²) in [4.78, 5) is 12.7. The Morgan fingerprint density at radius 1 is 1.59 bits per heavy atom. The van der Waals surface area contributed by atoms with Crippen LogP contribution >= 0.6 is 27.3 Å². The first-order valence-corrected chi connectivity index (χ1v) is 6.32. The van der Waals surface area contributed by atoms with E-state index in [4.69, 9.17) is 9.68 Å². The number of hydrogen-bond acceptors (Lipinski definition) is 4. The first kappa shape index (κ1) is 11.8. The maximum Gasteiger partial charge on any atom is 0.238 e. The average molecular weight is 308 g/mol. The molecular weight excluding hydrogens is 302 g/mol. The molecule has 84 valence electrons. The van der Waals surface area contributed by atoms with Crippen LogP contribution in [0.15, 0.2) is 44.3 Å². The lowest BCUT2D eigenvalue weighted by Gasteiger charge is -1.93. The van der Waals surface area contributed by atoms with E-state index in [1.807, 2.05) is 17.5 Å². The van der Waals surface area contributed by atoms with Crippen LogP contribution in [0, 0.1) is 11.3 Å². The molecule has 0 N–H and O–H groups in total. The minimum atomic E-state index is -0.401. The molecular formula is C12H6BrNO2S. The van der Waals surface area contributed by atoms with Crippen molar-refractivity contribution in [2.45, 2.75) is 0 Å². The van der Waals surface area contributed by atoms with Gasteiger partial charge in [0.25, 0.3) is 0 Å². The van der Waals surface area contributed by atoms with Gasteiger partial charge in [-0.2, -0.15) is 5.26 Å². The van der Waals surface area contributed by atoms with Crippen molar-refractivity contribution in [2.75, 3.05) is 0 Å². The van der Waals surface area contributed by atoms with Crippen molar-refractivity contribution in [3.05, 3.63) is 50.5 Å². The highest BCUT2D eigenvalue weighted by Gasteiger charge is 2.14. The van der Waals surface area contributed by atoms with Crippen molar-refractivity contribution in [3.8, 4) is 6.07 Å². The van der Waals surface area contributed by atoms with Crippen LogP contribution in [0.25, 0.3) is 6.08 Å². The molecule has 2 aromatic heterocycles. The smallest absolute Gasteiger partial charge is 0.238 e. The number of Topliss-reactive ketones (excluding diaryl/α,β-unsaturated/α-hetero) is 1. The molecule has 0 bridgehead atoms. The molecule has 0 amide bonds. The zero-order chi connectivity index (χ0) is 12.3. The summed E-state index contributed by atoms with van der Waals surface area (Å²) < 4.78 is 5.90. The molecule has 0 aliphatic heterocycles. The third-order valence-electron chi connectivity index (χ3n) is 1.98. The molecule has 5 heteroatoms. The molecule has 0 radical (unpaired) electrons. The third-order valence-corrected chi connectivity index (χ3v) is 3.62. The molecule has 0 aromatic carbocycles. The molecule has 0 atom stereocenters. The van der Waals surface area contributed by atoms with Gasteiger partial charge in [0.1, 0.15) is 11.6 Å². The van der Waals surface area contributed by atoms with Crippen molar-refractivity contribution >= 4 is 39.1 Å². The van der Waals surface area contributed by atoms with Gasteiger partial charge in [0.15, 0.2) is 5.76 Å². The summed E-state index contributed by atoms with van der Waals surface area (Å²) in [5.41, 5.74) is 0.0642. The Morgan fingerprint density at radius 2 is 2.41 bits per heavy atom. The Kier molecular flexibility index (Phi) is 3.57. The first-order chi connectivity index (χ1) is 8.20. The molecule has 0 saturated carbocycles. The van der Waals surface area contributed by atoms with Gasteiger partial charge in [-0.25, -0.2) is 0 Å². The molecule has 0 unspecified atom stereocenters. The van der Waals surface area contributed by atoms with Gasteiger partial charge in [0, 0.05) is 14.7 Å². The summed E-state index contributed by atoms with van der Waals surface area (Å²) in [5.74, 6) is -0.226. The summed E-state index contributed by atoms with van der Waals surface area (Å²) in [6.07, 6.45) is 2.96. The van der Waals surface area contributed by atoms with Gasteiger partial charge in [0.2, 0.25) is 5.78 Å². The Bertz CT molecular complexity index is 605. The van der Waals surface area contributed by atoms with Gasteiger partial charge < -0.3 is 4.42 Å². The quantitative estimate of drug-likeness (QED) is 0.491. The van der Waals surface area contributed by atoms with Gasteiger partial charge in [-0.1, -0.05) is 0 Å². The predicted octanol–water partition coefficient (Wildman–Crippen LogP) is 3.89. The monoisotopic (exact) mass is 307 g/mol.